The van der Waals surface area contributed by atoms with Gasteiger partial charge in [-0.1, -0.05) is 47.5 Å². The second kappa shape index (κ2) is 9.54. The standard InChI is InChI=1S/C23H22Cl2N4O2/c1-16-4-2-3-5-18(16)20-8-9-22(27-26-20)28-10-12-29(13-11-28)23(30)15-31-21-14-17(24)6-7-19(21)25/h2-9,14H,10-13,15H2,1H3. The highest BCUT2D eigenvalue weighted by Gasteiger charge is 2.23. The number of benzene rings is 2. The number of hydrogen-bond acceptors (Lipinski definition) is 5. The molecular weight excluding hydrogens is 435 g/mol. The van der Waals surface area contributed by atoms with Gasteiger partial charge in [-0.25, -0.2) is 0 Å². The van der Waals surface area contributed by atoms with Crippen LogP contribution in [-0.2, 0) is 4.79 Å². The summed E-state index contributed by atoms with van der Waals surface area (Å²) in [5.41, 5.74) is 3.10. The maximum absolute atomic E-state index is 12.5. The molecule has 0 saturated carbocycles. The third-order valence-electron chi connectivity index (χ3n) is 5.27. The molecule has 160 valence electrons. The van der Waals surface area contributed by atoms with Crippen LogP contribution in [0.15, 0.2) is 54.6 Å². The van der Waals surface area contributed by atoms with Gasteiger partial charge >= 0.3 is 0 Å². The van der Waals surface area contributed by atoms with Crippen LogP contribution < -0.4 is 9.64 Å². The van der Waals surface area contributed by atoms with Crippen LogP contribution in [0.25, 0.3) is 11.3 Å². The lowest BCUT2D eigenvalue weighted by Crippen LogP contribution is -2.50. The van der Waals surface area contributed by atoms with E-state index in [0.29, 0.717) is 42.0 Å². The summed E-state index contributed by atoms with van der Waals surface area (Å²) in [7, 11) is 0. The Labute approximate surface area is 191 Å². The zero-order valence-electron chi connectivity index (χ0n) is 17.1. The molecule has 31 heavy (non-hydrogen) atoms. The molecule has 4 rings (SSSR count). The number of halogens is 2. The Balaban J connectivity index is 1.31. The van der Waals surface area contributed by atoms with E-state index in [1.54, 1.807) is 23.1 Å². The largest absolute Gasteiger partial charge is 0.482 e. The van der Waals surface area contributed by atoms with Crippen molar-refractivity contribution >= 4 is 34.9 Å². The predicted molar refractivity (Wildman–Crippen MR) is 123 cm³/mol. The van der Waals surface area contributed by atoms with Crippen molar-refractivity contribution in [3.63, 3.8) is 0 Å². The first kappa shape index (κ1) is 21.4. The number of aromatic nitrogens is 2. The Kier molecular flexibility index (Phi) is 6.59. The number of amides is 1. The summed E-state index contributed by atoms with van der Waals surface area (Å²) in [6.07, 6.45) is 0. The molecule has 0 bridgehead atoms. The van der Waals surface area contributed by atoms with Gasteiger partial charge in [0, 0.05) is 42.8 Å². The Morgan fingerprint density at radius 1 is 1.00 bits per heavy atom. The molecule has 0 radical (unpaired) electrons. The number of hydrogen-bond donors (Lipinski definition) is 0. The summed E-state index contributed by atoms with van der Waals surface area (Å²) in [5, 5.41) is 9.74. The molecule has 3 aromatic rings. The van der Waals surface area contributed by atoms with E-state index in [-0.39, 0.29) is 12.5 Å². The van der Waals surface area contributed by atoms with E-state index in [1.807, 2.05) is 30.3 Å². The highest BCUT2D eigenvalue weighted by Crippen LogP contribution is 2.28. The molecule has 1 aliphatic rings. The van der Waals surface area contributed by atoms with Gasteiger partial charge in [0.25, 0.3) is 5.91 Å². The first-order chi connectivity index (χ1) is 15.0. The Morgan fingerprint density at radius 3 is 2.48 bits per heavy atom. The average molecular weight is 457 g/mol. The van der Waals surface area contributed by atoms with Crippen molar-refractivity contribution in [3.8, 4) is 17.0 Å². The number of carbonyl (C=O) groups excluding carboxylic acids is 1. The lowest BCUT2D eigenvalue weighted by molar-refractivity contribution is -0.133. The van der Waals surface area contributed by atoms with Crippen LogP contribution in [0.5, 0.6) is 5.75 Å². The monoisotopic (exact) mass is 456 g/mol. The second-order valence-corrected chi connectivity index (χ2v) is 8.17. The number of aryl methyl sites for hydroxylation is 1. The molecule has 1 fully saturated rings. The Morgan fingerprint density at radius 2 is 1.77 bits per heavy atom. The number of rotatable bonds is 5. The molecule has 0 unspecified atom stereocenters. The molecule has 1 saturated heterocycles. The normalized spacial score (nSPS) is 13.9. The van der Waals surface area contributed by atoms with Crippen LogP contribution in [0.3, 0.4) is 0 Å². The molecular formula is C23H22Cl2N4O2. The summed E-state index contributed by atoms with van der Waals surface area (Å²) >= 11 is 12.0. The van der Waals surface area contributed by atoms with Crippen molar-refractivity contribution in [2.24, 2.45) is 0 Å². The highest BCUT2D eigenvalue weighted by molar-refractivity contribution is 6.34. The molecule has 1 amide bonds. The van der Waals surface area contributed by atoms with Crippen molar-refractivity contribution < 1.29 is 9.53 Å². The van der Waals surface area contributed by atoms with Crippen LogP contribution in [0.2, 0.25) is 10.0 Å². The van der Waals surface area contributed by atoms with Gasteiger partial charge in [-0.05, 0) is 36.8 Å². The van der Waals surface area contributed by atoms with Gasteiger partial charge in [0.05, 0.1) is 10.7 Å². The third-order valence-corrected chi connectivity index (χ3v) is 5.82. The lowest BCUT2D eigenvalue weighted by Gasteiger charge is -2.35. The van der Waals surface area contributed by atoms with Gasteiger partial charge in [-0.3, -0.25) is 4.79 Å². The summed E-state index contributed by atoms with van der Waals surface area (Å²) in [6, 6.07) is 17.0. The Hall–Kier alpha value is -2.83. The number of nitrogens with zero attached hydrogens (tertiary/aromatic N) is 4. The van der Waals surface area contributed by atoms with Crippen LogP contribution in [0.4, 0.5) is 5.82 Å². The van der Waals surface area contributed by atoms with Gasteiger partial charge in [0.2, 0.25) is 0 Å². The van der Waals surface area contributed by atoms with E-state index >= 15 is 0 Å². The van der Waals surface area contributed by atoms with Gasteiger partial charge in [-0.2, -0.15) is 0 Å². The number of ether oxygens (including phenoxy) is 1. The SMILES string of the molecule is Cc1ccccc1-c1ccc(N2CCN(C(=O)COc3cc(Cl)ccc3Cl)CC2)nn1. The molecule has 2 aromatic carbocycles. The van der Waals surface area contributed by atoms with E-state index in [2.05, 4.69) is 28.1 Å². The zero-order valence-corrected chi connectivity index (χ0v) is 18.6. The molecule has 0 spiro atoms. The Bertz CT molecular complexity index is 1070. The number of piperazine rings is 1. The first-order valence-electron chi connectivity index (χ1n) is 10.0. The van der Waals surface area contributed by atoms with E-state index < -0.39 is 0 Å². The van der Waals surface area contributed by atoms with Crippen molar-refractivity contribution in [1.29, 1.82) is 0 Å². The number of carbonyl (C=O) groups is 1. The molecule has 6 nitrogen and oxygen atoms in total. The highest BCUT2D eigenvalue weighted by atomic mass is 35.5. The second-order valence-electron chi connectivity index (χ2n) is 7.32. The van der Waals surface area contributed by atoms with Crippen molar-refractivity contribution in [2.45, 2.75) is 6.92 Å². The fraction of sp³-hybridized carbons (Fsp3) is 0.261. The fourth-order valence-electron chi connectivity index (χ4n) is 3.50. The van der Waals surface area contributed by atoms with Crippen molar-refractivity contribution in [1.82, 2.24) is 15.1 Å². The molecule has 0 aliphatic carbocycles. The molecule has 8 heteroatoms. The van der Waals surface area contributed by atoms with Gasteiger partial charge in [0.1, 0.15) is 5.75 Å². The maximum Gasteiger partial charge on any atom is 0.260 e. The minimum absolute atomic E-state index is 0.0784. The fourth-order valence-corrected chi connectivity index (χ4v) is 3.84. The average Bonchev–Trinajstić information content (AvgIpc) is 2.80. The van der Waals surface area contributed by atoms with Crippen molar-refractivity contribution in [2.75, 3.05) is 37.7 Å². The predicted octanol–water partition coefficient (Wildman–Crippen LogP) is 4.49. The smallest absolute Gasteiger partial charge is 0.260 e. The molecule has 1 aromatic heterocycles. The first-order valence-corrected chi connectivity index (χ1v) is 10.8. The maximum atomic E-state index is 12.5. The van der Waals surface area contributed by atoms with Gasteiger partial charge in [-0.15, -0.1) is 10.2 Å². The van der Waals surface area contributed by atoms with E-state index in [9.17, 15) is 4.79 Å². The molecule has 1 aliphatic heterocycles. The summed E-state index contributed by atoms with van der Waals surface area (Å²) in [6.45, 7) is 4.53. The van der Waals surface area contributed by atoms with Crippen LogP contribution in [-0.4, -0.2) is 53.8 Å². The summed E-state index contributed by atoms with van der Waals surface area (Å²) in [5.74, 6) is 1.13. The van der Waals surface area contributed by atoms with E-state index in [1.165, 1.54) is 0 Å². The van der Waals surface area contributed by atoms with Gasteiger partial charge in [0.15, 0.2) is 12.4 Å². The minimum atomic E-state index is -0.0864. The van der Waals surface area contributed by atoms with E-state index in [4.69, 9.17) is 27.9 Å². The third kappa shape index (κ3) is 5.09. The van der Waals surface area contributed by atoms with Crippen LogP contribution >= 0.6 is 23.2 Å². The van der Waals surface area contributed by atoms with Crippen LogP contribution in [0, 0.1) is 6.92 Å². The molecule has 2 heterocycles. The number of anilines is 1. The lowest BCUT2D eigenvalue weighted by atomic mass is 10.1. The quantitative estimate of drug-likeness (QED) is 0.565. The minimum Gasteiger partial charge on any atom is -0.482 e. The summed E-state index contributed by atoms with van der Waals surface area (Å²) in [4.78, 5) is 16.4. The summed E-state index contributed by atoms with van der Waals surface area (Å²) < 4.78 is 5.57. The van der Waals surface area contributed by atoms with Crippen LogP contribution in [0.1, 0.15) is 5.56 Å². The van der Waals surface area contributed by atoms with Crippen molar-refractivity contribution in [3.05, 3.63) is 70.2 Å². The zero-order chi connectivity index (χ0) is 21.8. The molecule has 0 atom stereocenters. The van der Waals surface area contributed by atoms with Gasteiger partial charge < -0.3 is 14.5 Å². The van der Waals surface area contributed by atoms with E-state index in [0.717, 1.165) is 22.6 Å². The topological polar surface area (TPSA) is 58.6 Å². The molecule has 0 N–H and O–H groups in total.